The van der Waals surface area contributed by atoms with Gasteiger partial charge >= 0.3 is 0 Å². The lowest BCUT2D eigenvalue weighted by Crippen LogP contribution is -2.57. The molecule has 0 bridgehead atoms. The summed E-state index contributed by atoms with van der Waals surface area (Å²) in [5, 5.41) is 5.80. The highest BCUT2D eigenvalue weighted by atomic mass is 32.1. The third-order valence-corrected chi connectivity index (χ3v) is 4.75. The lowest BCUT2D eigenvalue weighted by atomic mass is 9.94. The second-order valence-electron chi connectivity index (χ2n) is 5.27. The summed E-state index contributed by atoms with van der Waals surface area (Å²) in [5.41, 5.74) is 0. The topological polar surface area (TPSA) is 15.3 Å². The molecular weight excluding hydrogens is 228 g/mol. The highest BCUT2D eigenvalue weighted by molar-refractivity contribution is 7.09. The van der Waals surface area contributed by atoms with E-state index in [1.54, 1.807) is 0 Å². The molecule has 0 aliphatic carbocycles. The molecule has 0 spiro atoms. The van der Waals surface area contributed by atoms with E-state index in [1.807, 2.05) is 11.3 Å². The molecule has 2 heterocycles. The molecule has 0 radical (unpaired) electrons. The van der Waals surface area contributed by atoms with Crippen LogP contribution in [0.1, 0.15) is 32.1 Å². The minimum Gasteiger partial charge on any atom is -0.311 e. The Kier molecular flexibility index (Phi) is 4.60. The number of nitrogens with one attached hydrogen (secondary N) is 1. The van der Waals surface area contributed by atoms with Gasteiger partial charge in [0, 0.05) is 36.6 Å². The number of nitrogens with zero attached hydrogens (tertiary/aromatic N) is 1. The summed E-state index contributed by atoms with van der Waals surface area (Å²) in [6.07, 6.45) is 1.27. The third kappa shape index (κ3) is 3.30. The van der Waals surface area contributed by atoms with Gasteiger partial charge in [-0.3, -0.25) is 4.90 Å². The van der Waals surface area contributed by atoms with E-state index in [9.17, 15) is 0 Å². The number of hydrogen-bond acceptors (Lipinski definition) is 3. The summed E-state index contributed by atoms with van der Waals surface area (Å²) in [5.74, 6) is 0.773. The fraction of sp³-hybridized carbons (Fsp3) is 0.714. The van der Waals surface area contributed by atoms with Crippen LogP contribution in [-0.4, -0.2) is 30.1 Å². The van der Waals surface area contributed by atoms with Crippen molar-refractivity contribution in [2.24, 2.45) is 5.92 Å². The summed E-state index contributed by atoms with van der Waals surface area (Å²) < 4.78 is 0. The first kappa shape index (κ1) is 13.1. The molecule has 3 atom stereocenters. The minimum absolute atomic E-state index is 0.621. The fourth-order valence-electron chi connectivity index (χ4n) is 2.62. The quantitative estimate of drug-likeness (QED) is 0.886. The zero-order valence-electron chi connectivity index (χ0n) is 11.1. The Hall–Kier alpha value is -0.380. The molecule has 1 aliphatic rings. The SMILES string of the molecule is CCC(C)C1CNC(C)CN1Cc1cccs1. The minimum atomic E-state index is 0.621. The van der Waals surface area contributed by atoms with E-state index < -0.39 is 0 Å². The first-order valence-corrected chi connectivity index (χ1v) is 7.58. The van der Waals surface area contributed by atoms with Crippen LogP contribution in [0.4, 0.5) is 0 Å². The maximum absolute atomic E-state index is 3.62. The van der Waals surface area contributed by atoms with E-state index in [0.717, 1.165) is 19.0 Å². The van der Waals surface area contributed by atoms with Crippen LogP contribution in [0, 0.1) is 5.92 Å². The number of thiophene rings is 1. The Morgan fingerprint density at radius 2 is 2.41 bits per heavy atom. The van der Waals surface area contributed by atoms with Crippen molar-refractivity contribution < 1.29 is 0 Å². The monoisotopic (exact) mass is 252 g/mol. The lowest BCUT2D eigenvalue weighted by molar-refractivity contribution is 0.0895. The normalized spacial score (nSPS) is 28.2. The number of hydrogen-bond donors (Lipinski definition) is 1. The van der Waals surface area contributed by atoms with Gasteiger partial charge in [-0.15, -0.1) is 11.3 Å². The Bertz CT molecular complexity index is 323. The fourth-order valence-corrected chi connectivity index (χ4v) is 3.35. The van der Waals surface area contributed by atoms with Crippen LogP contribution in [0.2, 0.25) is 0 Å². The van der Waals surface area contributed by atoms with E-state index in [1.165, 1.54) is 17.8 Å². The van der Waals surface area contributed by atoms with Crippen LogP contribution in [0.5, 0.6) is 0 Å². The average Bonchev–Trinajstić information content (AvgIpc) is 2.81. The molecule has 0 amide bonds. The van der Waals surface area contributed by atoms with Gasteiger partial charge in [0.2, 0.25) is 0 Å². The molecular formula is C14H24N2S. The van der Waals surface area contributed by atoms with Gasteiger partial charge in [-0.25, -0.2) is 0 Å². The van der Waals surface area contributed by atoms with E-state index in [4.69, 9.17) is 0 Å². The van der Waals surface area contributed by atoms with Crippen molar-refractivity contribution in [2.45, 2.75) is 45.8 Å². The molecule has 1 fully saturated rings. The molecule has 2 rings (SSSR count). The molecule has 0 saturated carbocycles. The van der Waals surface area contributed by atoms with Gasteiger partial charge in [0.15, 0.2) is 0 Å². The van der Waals surface area contributed by atoms with Crippen molar-refractivity contribution in [1.29, 1.82) is 0 Å². The van der Waals surface area contributed by atoms with Crippen LogP contribution in [0.3, 0.4) is 0 Å². The van der Waals surface area contributed by atoms with Gasteiger partial charge in [0.25, 0.3) is 0 Å². The van der Waals surface area contributed by atoms with Gasteiger partial charge in [-0.1, -0.05) is 26.3 Å². The molecule has 1 aromatic heterocycles. The third-order valence-electron chi connectivity index (χ3n) is 3.89. The van der Waals surface area contributed by atoms with Crippen LogP contribution in [0.25, 0.3) is 0 Å². The summed E-state index contributed by atoms with van der Waals surface area (Å²) in [7, 11) is 0. The van der Waals surface area contributed by atoms with Gasteiger partial charge < -0.3 is 5.32 Å². The van der Waals surface area contributed by atoms with Gasteiger partial charge in [-0.05, 0) is 24.3 Å². The van der Waals surface area contributed by atoms with Crippen molar-refractivity contribution in [3.8, 4) is 0 Å². The first-order valence-electron chi connectivity index (χ1n) is 6.70. The van der Waals surface area contributed by atoms with E-state index in [-0.39, 0.29) is 0 Å². The maximum Gasteiger partial charge on any atom is 0.0332 e. The van der Waals surface area contributed by atoms with Crippen LogP contribution < -0.4 is 5.32 Å². The standard InChI is InChI=1S/C14H24N2S/c1-4-11(2)14-8-15-12(3)9-16(14)10-13-6-5-7-17-13/h5-7,11-12,14-15H,4,8-10H2,1-3H3. The highest BCUT2D eigenvalue weighted by Gasteiger charge is 2.29. The smallest absolute Gasteiger partial charge is 0.0332 e. The summed E-state index contributed by atoms with van der Waals surface area (Å²) in [6.45, 7) is 10.4. The summed E-state index contributed by atoms with van der Waals surface area (Å²) >= 11 is 1.88. The van der Waals surface area contributed by atoms with E-state index >= 15 is 0 Å². The number of rotatable bonds is 4. The lowest BCUT2D eigenvalue weighted by Gasteiger charge is -2.42. The molecule has 1 N–H and O–H groups in total. The summed E-state index contributed by atoms with van der Waals surface area (Å²) in [4.78, 5) is 4.16. The van der Waals surface area contributed by atoms with Crippen molar-refractivity contribution >= 4 is 11.3 Å². The molecule has 96 valence electrons. The van der Waals surface area contributed by atoms with Gasteiger partial charge in [0.05, 0.1) is 0 Å². The highest BCUT2D eigenvalue weighted by Crippen LogP contribution is 2.22. The zero-order valence-corrected chi connectivity index (χ0v) is 12.0. The van der Waals surface area contributed by atoms with Crippen LogP contribution in [-0.2, 0) is 6.54 Å². The first-order chi connectivity index (χ1) is 8.20. The van der Waals surface area contributed by atoms with E-state index in [0.29, 0.717) is 12.1 Å². The molecule has 3 unspecified atom stereocenters. The number of piperazine rings is 1. The maximum atomic E-state index is 3.62. The molecule has 0 aromatic carbocycles. The second kappa shape index (κ2) is 5.98. The Morgan fingerprint density at radius 1 is 1.59 bits per heavy atom. The molecule has 1 aromatic rings. The molecule has 17 heavy (non-hydrogen) atoms. The Morgan fingerprint density at radius 3 is 3.06 bits per heavy atom. The Labute approximate surface area is 109 Å². The molecule has 2 nitrogen and oxygen atoms in total. The molecule has 3 heteroatoms. The van der Waals surface area contributed by atoms with Gasteiger partial charge in [0.1, 0.15) is 0 Å². The van der Waals surface area contributed by atoms with Crippen molar-refractivity contribution in [1.82, 2.24) is 10.2 Å². The molecule has 1 aliphatic heterocycles. The van der Waals surface area contributed by atoms with Crippen LogP contribution in [0.15, 0.2) is 17.5 Å². The summed E-state index contributed by atoms with van der Waals surface area (Å²) in [6, 6.07) is 5.73. The second-order valence-corrected chi connectivity index (χ2v) is 6.30. The Balaban J connectivity index is 2.03. The van der Waals surface area contributed by atoms with Gasteiger partial charge in [-0.2, -0.15) is 0 Å². The average molecular weight is 252 g/mol. The van der Waals surface area contributed by atoms with Crippen molar-refractivity contribution in [3.63, 3.8) is 0 Å². The van der Waals surface area contributed by atoms with Crippen molar-refractivity contribution in [2.75, 3.05) is 13.1 Å². The van der Waals surface area contributed by atoms with E-state index in [2.05, 4.69) is 48.5 Å². The molecule has 1 saturated heterocycles. The predicted molar refractivity (Wildman–Crippen MR) is 75.4 cm³/mol. The van der Waals surface area contributed by atoms with Crippen LogP contribution >= 0.6 is 11.3 Å². The van der Waals surface area contributed by atoms with Crippen molar-refractivity contribution in [3.05, 3.63) is 22.4 Å². The zero-order chi connectivity index (χ0) is 12.3. The largest absolute Gasteiger partial charge is 0.311 e. The predicted octanol–water partition coefficient (Wildman–Crippen LogP) is 2.96.